The SMILES string of the molecule is CC(=O)N(C)c1cc([CH]CC(N)=O)ccn1. The zero-order valence-electron chi connectivity index (χ0n) is 9.30. The summed E-state index contributed by atoms with van der Waals surface area (Å²) in [6, 6.07) is 3.48. The lowest BCUT2D eigenvalue weighted by molar-refractivity contribution is -0.117. The van der Waals surface area contributed by atoms with E-state index in [0.717, 1.165) is 5.56 Å². The van der Waals surface area contributed by atoms with Crippen molar-refractivity contribution in [3.05, 3.63) is 30.3 Å². The van der Waals surface area contributed by atoms with Crippen LogP contribution in [0.4, 0.5) is 5.82 Å². The molecule has 1 aromatic heterocycles. The van der Waals surface area contributed by atoms with Crippen LogP contribution in [0.15, 0.2) is 18.3 Å². The van der Waals surface area contributed by atoms with Crippen LogP contribution in [0.2, 0.25) is 0 Å². The molecule has 2 N–H and O–H groups in total. The number of anilines is 1. The van der Waals surface area contributed by atoms with Gasteiger partial charge in [0.25, 0.3) is 0 Å². The van der Waals surface area contributed by atoms with Crippen LogP contribution in [0.25, 0.3) is 0 Å². The minimum Gasteiger partial charge on any atom is -0.370 e. The zero-order valence-corrected chi connectivity index (χ0v) is 9.30. The Labute approximate surface area is 94.3 Å². The number of aromatic nitrogens is 1. The molecule has 1 aromatic rings. The van der Waals surface area contributed by atoms with Gasteiger partial charge in [0.1, 0.15) is 5.82 Å². The summed E-state index contributed by atoms with van der Waals surface area (Å²) >= 11 is 0. The molecule has 0 saturated carbocycles. The van der Waals surface area contributed by atoms with E-state index in [-0.39, 0.29) is 12.3 Å². The van der Waals surface area contributed by atoms with Crippen molar-refractivity contribution in [2.75, 3.05) is 11.9 Å². The predicted molar refractivity (Wildman–Crippen MR) is 60.5 cm³/mol. The Morgan fingerprint density at radius 1 is 1.56 bits per heavy atom. The highest BCUT2D eigenvalue weighted by atomic mass is 16.2. The maximum atomic E-state index is 11.1. The lowest BCUT2D eigenvalue weighted by Crippen LogP contribution is -2.23. The number of pyridine rings is 1. The van der Waals surface area contributed by atoms with Gasteiger partial charge in [-0.25, -0.2) is 4.98 Å². The van der Waals surface area contributed by atoms with Crippen LogP contribution >= 0.6 is 0 Å². The molecule has 1 rings (SSSR count). The number of nitrogens with zero attached hydrogens (tertiary/aromatic N) is 2. The van der Waals surface area contributed by atoms with Gasteiger partial charge >= 0.3 is 0 Å². The molecule has 0 spiro atoms. The van der Waals surface area contributed by atoms with Crippen LogP contribution < -0.4 is 10.6 Å². The Balaban J connectivity index is 2.78. The summed E-state index contributed by atoms with van der Waals surface area (Å²) in [6.45, 7) is 1.46. The molecule has 5 nitrogen and oxygen atoms in total. The minimum atomic E-state index is -0.390. The van der Waals surface area contributed by atoms with Gasteiger partial charge in [-0.05, 0) is 17.7 Å². The summed E-state index contributed by atoms with van der Waals surface area (Å²) in [5.74, 6) is 0.0588. The fourth-order valence-corrected chi connectivity index (χ4v) is 1.12. The Morgan fingerprint density at radius 2 is 2.25 bits per heavy atom. The molecule has 0 fully saturated rings. The van der Waals surface area contributed by atoms with E-state index in [1.807, 2.05) is 0 Å². The molecule has 1 radical (unpaired) electrons. The first-order chi connectivity index (χ1) is 7.50. The molecule has 0 aliphatic carbocycles. The zero-order chi connectivity index (χ0) is 12.1. The van der Waals surface area contributed by atoms with E-state index in [0.29, 0.717) is 5.82 Å². The number of hydrogen-bond donors (Lipinski definition) is 1. The van der Waals surface area contributed by atoms with E-state index in [1.54, 1.807) is 31.8 Å². The minimum absolute atomic E-state index is 0.0976. The van der Waals surface area contributed by atoms with Crippen LogP contribution in [0, 0.1) is 6.42 Å². The molecule has 85 valence electrons. The van der Waals surface area contributed by atoms with Crippen LogP contribution in [0.1, 0.15) is 18.9 Å². The number of carbonyl (C=O) groups excluding carboxylic acids is 2. The van der Waals surface area contributed by atoms with Gasteiger partial charge in [0.15, 0.2) is 0 Å². The smallest absolute Gasteiger partial charge is 0.224 e. The highest BCUT2D eigenvalue weighted by Gasteiger charge is 2.07. The van der Waals surface area contributed by atoms with Gasteiger partial charge in [-0.1, -0.05) is 0 Å². The number of primary amides is 1. The summed E-state index contributed by atoms with van der Waals surface area (Å²) in [5.41, 5.74) is 5.85. The van der Waals surface area contributed by atoms with Crippen molar-refractivity contribution >= 4 is 17.6 Å². The lowest BCUT2D eigenvalue weighted by atomic mass is 10.1. The summed E-state index contributed by atoms with van der Waals surface area (Å²) in [7, 11) is 1.64. The Bertz CT molecular complexity index is 404. The number of nitrogens with two attached hydrogens (primary N) is 1. The monoisotopic (exact) mass is 220 g/mol. The fraction of sp³-hybridized carbons (Fsp3) is 0.273. The highest BCUT2D eigenvalue weighted by molar-refractivity contribution is 5.89. The molecule has 16 heavy (non-hydrogen) atoms. The van der Waals surface area contributed by atoms with Crippen molar-refractivity contribution in [1.29, 1.82) is 0 Å². The molecule has 0 bridgehead atoms. The molecule has 0 aliphatic heterocycles. The van der Waals surface area contributed by atoms with Crippen molar-refractivity contribution < 1.29 is 9.59 Å². The van der Waals surface area contributed by atoms with Gasteiger partial charge in [0.2, 0.25) is 11.8 Å². The van der Waals surface area contributed by atoms with Gasteiger partial charge in [-0.15, -0.1) is 0 Å². The summed E-state index contributed by atoms with van der Waals surface area (Å²) in [5, 5.41) is 0. The Kier molecular flexibility index (Phi) is 3.99. The van der Waals surface area contributed by atoms with Crippen LogP contribution in [-0.4, -0.2) is 23.8 Å². The van der Waals surface area contributed by atoms with E-state index in [1.165, 1.54) is 11.8 Å². The number of carbonyl (C=O) groups is 2. The quantitative estimate of drug-likeness (QED) is 0.802. The molecule has 5 heteroatoms. The molecule has 2 amide bonds. The van der Waals surface area contributed by atoms with E-state index in [2.05, 4.69) is 4.98 Å². The van der Waals surface area contributed by atoms with Gasteiger partial charge in [-0.3, -0.25) is 9.59 Å². The second-order valence-corrected chi connectivity index (χ2v) is 3.40. The third kappa shape index (κ3) is 3.34. The van der Waals surface area contributed by atoms with Crippen LogP contribution in [-0.2, 0) is 9.59 Å². The van der Waals surface area contributed by atoms with Crippen molar-refractivity contribution in [3.63, 3.8) is 0 Å². The summed E-state index contributed by atoms with van der Waals surface area (Å²) < 4.78 is 0. The molecule has 0 saturated heterocycles. The normalized spacial score (nSPS) is 9.88. The number of rotatable bonds is 4. The third-order valence-corrected chi connectivity index (χ3v) is 2.12. The second-order valence-electron chi connectivity index (χ2n) is 3.40. The van der Waals surface area contributed by atoms with Gasteiger partial charge < -0.3 is 10.6 Å². The third-order valence-electron chi connectivity index (χ3n) is 2.12. The molecular weight excluding hydrogens is 206 g/mol. The lowest BCUT2D eigenvalue weighted by Gasteiger charge is -2.14. The second kappa shape index (κ2) is 5.25. The molecule has 0 aliphatic rings. The predicted octanol–water partition coefficient (Wildman–Crippen LogP) is 0.492. The fourth-order valence-electron chi connectivity index (χ4n) is 1.12. The van der Waals surface area contributed by atoms with E-state index in [4.69, 9.17) is 5.73 Å². The molecule has 0 atom stereocenters. The van der Waals surface area contributed by atoms with Crippen molar-refractivity contribution in [3.8, 4) is 0 Å². The van der Waals surface area contributed by atoms with Crippen LogP contribution in [0.3, 0.4) is 0 Å². The average molecular weight is 220 g/mol. The van der Waals surface area contributed by atoms with Crippen molar-refractivity contribution in [2.24, 2.45) is 5.73 Å². The highest BCUT2D eigenvalue weighted by Crippen LogP contribution is 2.13. The molecule has 1 heterocycles. The van der Waals surface area contributed by atoms with E-state index in [9.17, 15) is 9.59 Å². The van der Waals surface area contributed by atoms with Crippen molar-refractivity contribution in [1.82, 2.24) is 4.98 Å². The molecular formula is C11H14N3O2. The first-order valence-electron chi connectivity index (χ1n) is 4.82. The first kappa shape index (κ1) is 12.2. The maximum absolute atomic E-state index is 11.1. The molecule has 0 aromatic carbocycles. The van der Waals surface area contributed by atoms with Gasteiger partial charge in [0, 0.05) is 33.0 Å². The summed E-state index contributed by atoms with van der Waals surface area (Å²) in [4.78, 5) is 27.2. The van der Waals surface area contributed by atoms with Crippen molar-refractivity contribution in [2.45, 2.75) is 13.3 Å². The first-order valence-corrected chi connectivity index (χ1v) is 4.82. The Hall–Kier alpha value is -1.91. The van der Waals surface area contributed by atoms with E-state index >= 15 is 0 Å². The van der Waals surface area contributed by atoms with Crippen LogP contribution in [0.5, 0.6) is 0 Å². The topological polar surface area (TPSA) is 76.3 Å². The average Bonchev–Trinajstić information content (AvgIpc) is 2.25. The van der Waals surface area contributed by atoms with Gasteiger partial charge in [0.05, 0.1) is 0 Å². The largest absolute Gasteiger partial charge is 0.370 e. The number of hydrogen-bond acceptors (Lipinski definition) is 3. The Morgan fingerprint density at radius 3 is 2.81 bits per heavy atom. The van der Waals surface area contributed by atoms with E-state index < -0.39 is 5.91 Å². The molecule has 0 unspecified atom stereocenters. The summed E-state index contributed by atoms with van der Waals surface area (Å²) in [6.07, 6.45) is 3.45. The van der Waals surface area contributed by atoms with Gasteiger partial charge in [-0.2, -0.15) is 0 Å². The standard InChI is InChI=1S/C11H14N3O2/c1-8(15)14(2)11-7-9(5-6-13-11)3-4-10(12)16/h3,5-7H,4H2,1-2H3,(H2,12,16). The number of amides is 2. The maximum Gasteiger partial charge on any atom is 0.224 e.